The van der Waals surface area contributed by atoms with Crippen molar-refractivity contribution in [1.82, 2.24) is 0 Å². The third-order valence-corrected chi connectivity index (χ3v) is 8.37. The average Bonchev–Trinajstić information content (AvgIpc) is 3.11. The molecule has 6 nitrogen and oxygen atoms in total. The predicted molar refractivity (Wildman–Crippen MR) is 215 cm³/mol. The Morgan fingerprint density at radius 1 is 0.560 bits per heavy atom. The van der Waals surface area contributed by atoms with Gasteiger partial charge in [-0.25, -0.2) is 0 Å². The molecule has 0 atom stereocenters. The molecule has 50 heavy (non-hydrogen) atoms. The van der Waals surface area contributed by atoms with Crippen molar-refractivity contribution in [3.8, 4) is 23.0 Å². The summed E-state index contributed by atoms with van der Waals surface area (Å²) in [7, 11) is 0. The first-order chi connectivity index (χ1) is 24.4. The quantitative estimate of drug-likeness (QED) is 0.0561. The van der Waals surface area contributed by atoms with E-state index in [0.717, 1.165) is 122 Å². The van der Waals surface area contributed by atoms with Crippen LogP contribution in [0.5, 0.6) is 23.0 Å². The summed E-state index contributed by atoms with van der Waals surface area (Å²) in [6.45, 7) is 22.9. The Morgan fingerprint density at radius 2 is 1.02 bits per heavy atom. The lowest BCUT2D eigenvalue weighted by atomic mass is 10.0. The van der Waals surface area contributed by atoms with Gasteiger partial charge in [-0.15, -0.1) is 26.3 Å². The molecule has 0 aliphatic carbocycles. The molecule has 0 bridgehead atoms. The van der Waals surface area contributed by atoms with Gasteiger partial charge >= 0.3 is 0 Å². The van der Waals surface area contributed by atoms with Gasteiger partial charge < -0.3 is 29.6 Å². The first kappa shape index (κ1) is 40.1. The number of anilines is 2. The van der Waals surface area contributed by atoms with Crippen molar-refractivity contribution in [3.05, 3.63) is 99.2 Å². The van der Waals surface area contributed by atoms with Gasteiger partial charge in [0.25, 0.3) is 0 Å². The van der Waals surface area contributed by atoms with Crippen LogP contribution < -0.4 is 29.6 Å². The van der Waals surface area contributed by atoms with Crippen LogP contribution in [-0.2, 0) is 0 Å². The number of hydrogen-bond acceptors (Lipinski definition) is 6. The van der Waals surface area contributed by atoms with E-state index in [2.05, 4.69) is 81.1 Å². The van der Waals surface area contributed by atoms with Crippen molar-refractivity contribution in [2.45, 2.75) is 96.4 Å². The Bertz CT molecular complexity index is 1420. The Hall–Kier alpha value is -4.32. The number of allylic oxidation sites excluding steroid dienone is 4. The third kappa shape index (κ3) is 14.3. The summed E-state index contributed by atoms with van der Waals surface area (Å²) in [5, 5.41) is 9.76. The zero-order chi connectivity index (χ0) is 35.9. The number of benzene rings is 3. The Labute approximate surface area is 302 Å². The van der Waals surface area contributed by atoms with Crippen molar-refractivity contribution in [2.24, 2.45) is 0 Å². The summed E-state index contributed by atoms with van der Waals surface area (Å²) >= 11 is 0. The van der Waals surface area contributed by atoms with Crippen molar-refractivity contribution < 1.29 is 18.9 Å². The van der Waals surface area contributed by atoms with Gasteiger partial charge in [0, 0.05) is 17.5 Å². The number of fused-ring (bicyclic) bond motifs is 1. The molecule has 0 saturated heterocycles. The molecule has 3 aromatic rings. The number of para-hydroxylation sites is 1. The summed E-state index contributed by atoms with van der Waals surface area (Å²) in [6.07, 6.45) is 19.9. The molecular weight excluding hydrogens is 620 g/mol. The monoisotopic (exact) mass is 682 g/mol. The molecule has 272 valence electrons. The maximum absolute atomic E-state index is 6.43. The van der Waals surface area contributed by atoms with Gasteiger partial charge in [0.2, 0.25) is 0 Å². The normalized spacial score (nSPS) is 11.1. The van der Waals surface area contributed by atoms with Gasteiger partial charge in [-0.05, 0) is 127 Å². The van der Waals surface area contributed by atoms with Crippen molar-refractivity contribution in [1.29, 1.82) is 0 Å². The number of nitrogens with one attached hydrogen (secondary N) is 2. The van der Waals surface area contributed by atoms with E-state index in [1.807, 2.05) is 42.5 Å². The third-order valence-electron chi connectivity index (χ3n) is 8.37. The van der Waals surface area contributed by atoms with Gasteiger partial charge in [-0.1, -0.05) is 42.5 Å². The van der Waals surface area contributed by atoms with Gasteiger partial charge in [0.05, 0.1) is 32.1 Å². The highest BCUT2D eigenvalue weighted by Crippen LogP contribution is 2.39. The summed E-state index contributed by atoms with van der Waals surface area (Å²) < 4.78 is 25.2. The van der Waals surface area contributed by atoms with Crippen LogP contribution in [0.25, 0.3) is 10.8 Å². The van der Waals surface area contributed by atoms with E-state index in [-0.39, 0.29) is 0 Å². The predicted octanol–water partition coefficient (Wildman–Crippen LogP) is 12.1. The van der Waals surface area contributed by atoms with E-state index in [1.54, 1.807) is 0 Å². The van der Waals surface area contributed by atoms with E-state index in [4.69, 9.17) is 18.9 Å². The second kappa shape index (κ2) is 23.2. The van der Waals surface area contributed by atoms with Gasteiger partial charge in [-0.3, -0.25) is 0 Å². The van der Waals surface area contributed by atoms with Crippen LogP contribution in [0.2, 0.25) is 0 Å². The van der Waals surface area contributed by atoms with Gasteiger partial charge in [0.15, 0.2) is 0 Å². The molecule has 0 radical (unpaired) electrons. The van der Waals surface area contributed by atoms with Crippen LogP contribution in [0, 0.1) is 0 Å². The summed E-state index contributed by atoms with van der Waals surface area (Å²) in [5.41, 5.74) is 1.44. The molecule has 0 aliphatic heterocycles. The van der Waals surface area contributed by atoms with E-state index in [9.17, 15) is 0 Å². The average molecular weight is 683 g/mol. The van der Waals surface area contributed by atoms with Crippen molar-refractivity contribution in [2.75, 3.05) is 43.6 Å². The SMILES string of the molecule is C=CCCCCOc1ccc2ccc(OCCCCC=C)c(NC(C)(C)CNc3c(OCCCCC=C)cccc3OCCCCC=C)c2c1. The van der Waals surface area contributed by atoms with E-state index in [0.29, 0.717) is 33.0 Å². The highest BCUT2D eigenvalue weighted by Gasteiger charge is 2.23. The highest BCUT2D eigenvalue weighted by atomic mass is 16.5. The molecule has 0 spiro atoms. The molecular formula is C44H62N2O4. The number of rotatable bonds is 29. The lowest BCUT2D eigenvalue weighted by Crippen LogP contribution is -2.39. The minimum Gasteiger partial charge on any atom is -0.494 e. The van der Waals surface area contributed by atoms with Crippen molar-refractivity contribution >= 4 is 22.1 Å². The smallest absolute Gasteiger partial charge is 0.146 e. The minimum absolute atomic E-state index is 0.394. The standard InChI is InChI=1S/C44H62N2O4/c1-7-11-15-19-30-47-37-28-26-36-27-29-41(50-33-22-18-14-10-4)42(38(36)34-37)46-44(5,6)35-45-43-39(48-31-20-16-12-8-2)24-23-25-40(43)49-32-21-17-13-9-3/h7-10,23-29,34,45-46H,1-4,11-22,30-33,35H2,5-6H3. The number of unbranched alkanes of at least 4 members (excludes halogenated alkanes) is 8. The molecule has 0 aromatic heterocycles. The van der Waals surface area contributed by atoms with E-state index >= 15 is 0 Å². The topological polar surface area (TPSA) is 61.0 Å². The van der Waals surface area contributed by atoms with Crippen molar-refractivity contribution in [3.63, 3.8) is 0 Å². The largest absolute Gasteiger partial charge is 0.494 e. The molecule has 0 fully saturated rings. The van der Waals surface area contributed by atoms with E-state index in [1.165, 1.54) is 0 Å². The van der Waals surface area contributed by atoms with E-state index < -0.39 is 5.54 Å². The van der Waals surface area contributed by atoms with Crippen LogP contribution in [0.4, 0.5) is 11.4 Å². The zero-order valence-electron chi connectivity index (χ0n) is 30.9. The second-order valence-electron chi connectivity index (χ2n) is 13.3. The first-order valence-electron chi connectivity index (χ1n) is 18.6. The minimum atomic E-state index is -0.394. The second-order valence-corrected chi connectivity index (χ2v) is 13.3. The van der Waals surface area contributed by atoms with Crippen LogP contribution in [-0.4, -0.2) is 38.5 Å². The Morgan fingerprint density at radius 3 is 1.52 bits per heavy atom. The molecule has 3 aromatic carbocycles. The lowest BCUT2D eigenvalue weighted by Gasteiger charge is -2.31. The molecule has 0 amide bonds. The molecule has 0 unspecified atom stereocenters. The fourth-order valence-corrected chi connectivity index (χ4v) is 5.53. The number of ether oxygens (including phenoxy) is 4. The fraction of sp³-hybridized carbons (Fsp3) is 0.455. The Balaban J connectivity index is 1.85. The molecule has 0 aliphatic rings. The van der Waals surface area contributed by atoms with Gasteiger partial charge in [0.1, 0.15) is 28.7 Å². The molecule has 0 heterocycles. The zero-order valence-corrected chi connectivity index (χ0v) is 30.9. The number of hydrogen-bond donors (Lipinski definition) is 2. The Kier molecular flexibility index (Phi) is 18.6. The molecule has 6 heteroatoms. The van der Waals surface area contributed by atoms with Crippen LogP contribution in [0.15, 0.2) is 99.2 Å². The fourth-order valence-electron chi connectivity index (χ4n) is 5.53. The first-order valence-corrected chi connectivity index (χ1v) is 18.6. The summed E-state index contributed by atoms with van der Waals surface area (Å²) in [6, 6.07) is 16.5. The van der Waals surface area contributed by atoms with Gasteiger partial charge in [-0.2, -0.15) is 0 Å². The van der Waals surface area contributed by atoms with Crippen LogP contribution >= 0.6 is 0 Å². The molecule has 2 N–H and O–H groups in total. The van der Waals surface area contributed by atoms with Crippen LogP contribution in [0.3, 0.4) is 0 Å². The molecule has 3 rings (SSSR count). The lowest BCUT2D eigenvalue weighted by molar-refractivity contribution is 0.294. The molecule has 0 saturated carbocycles. The maximum Gasteiger partial charge on any atom is 0.146 e. The summed E-state index contributed by atoms with van der Waals surface area (Å²) in [5.74, 6) is 3.28. The maximum atomic E-state index is 6.43. The summed E-state index contributed by atoms with van der Waals surface area (Å²) in [4.78, 5) is 0. The van der Waals surface area contributed by atoms with Crippen LogP contribution in [0.1, 0.15) is 90.9 Å². The highest BCUT2D eigenvalue weighted by molar-refractivity contribution is 5.98.